The molecule has 1 heterocycles. The van der Waals surface area contributed by atoms with Crippen LogP contribution in [0.15, 0.2) is 6.07 Å². The van der Waals surface area contributed by atoms with Crippen molar-refractivity contribution in [3.8, 4) is 0 Å². The number of carbonyl (C=O) groups excluding carboxylic acids is 2. The van der Waals surface area contributed by atoms with Gasteiger partial charge in [0, 0.05) is 17.2 Å². The van der Waals surface area contributed by atoms with Gasteiger partial charge in [0.05, 0.1) is 6.54 Å². The molecule has 1 rings (SSSR count). The Morgan fingerprint density at radius 3 is 2.63 bits per heavy atom. The zero-order valence-electron chi connectivity index (χ0n) is 12.0. The number of anilines is 1. The molecule has 106 valence electrons. The Balaban J connectivity index is 2.40. The SMILES string of the molecule is CCCc1cc(NC(=O)CNC(=O)C(C)(C)C)n[nH]1. The third-order valence-corrected chi connectivity index (χ3v) is 2.51. The number of nitrogens with zero attached hydrogens (tertiary/aromatic N) is 1. The van der Waals surface area contributed by atoms with Gasteiger partial charge in [0.1, 0.15) is 0 Å². The maximum atomic E-state index is 11.6. The van der Waals surface area contributed by atoms with E-state index in [1.54, 1.807) is 26.8 Å². The molecule has 0 aromatic carbocycles. The molecule has 0 fully saturated rings. The molecule has 0 aliphatic heterocycles. The van der Waals surface area contributed by atoms with Crippen LogP contribution in [0.3, 0.4) is 0 Å². The van der Waals surface area contributed by atoms with Gasteiger partial charge >= 0.3 is 0 Å². The van der Waals surface area contributed by atoms with Gasteiger partial charge in [-0.2, -0.15) is 5.10 Å². The number of carbonyl (C=O) groups is 2. The van der Waals surface area contributed by atoms with Crippen LogP contribution < -0.4 is 10.6 Å². The number of rotatable bonds is 5. The highest BCUT2D eigenvalue weighted by molar-refractivity contribution is 5.94. The molecule has 1 aromatic heterocycles. The van der Waals surface area contributed by atoms with E-state index in [-0.39, 0.29) is 18.4 Å². The van der Waals surface area contributed by atoms with Gasteiger partial charge in [0.15, 0.2) is 5.82 Å². The molecule has 0 aliphatic carbocycles. The summed E-state index contributed by atoms with van der Waals surface area (Å²) in [5.41, 5.74) is 0.484. The van der Waals surface area contributed by atoms with Crippen LogP contribution in [-0.4, -0.2) is 28.6 Å². The minimum absolute atomic E-state index is 0.0495. The quantitative estimate of drug-likeness (QED) is 0.754. The predicted molar refractivity (Wildman–Crippen MR) is 73.7 cm³/mol. The van der Waals surface area contributed by atoms with Crippen molar-refractivity contribution in [3.63, 3.8) is 0 Å². The summed E-state index contributed by atoms with van der Waals surface area (Å²) in [5.74, 6) is 0.0435. The summed E-state index contributed by atoms with van der Waals surface area (Å²) < 4.78 is 0. The predicted octanol–water partition coefficient (Wildman–Crippen LogP) is 1.46. The van der Waals surface area contributed by atoms with E-state index in [2.05, 4.69) is 27.8 Å². The lowest BCUT2D eigenvalue weighted by atomic mass is 9.96. The third kappa shape index (κ3) is 5.11. The van der Waals surface area contributed by atoms with Crippen molar-refractivity contribution in [2.24, 2.45) is 5.41 Å². The number of aryl methyl sites for hydroxylation is 1. The first kappa shape index (κ1) is 15.2. The number of hydrogen-bond acceptors (Lipinski definition) is 3. The van der Waals surface area contributed by atoms with Crippen LogP contribution in [0.25, 0.3) is 0 Å². The van der Waals surface area contributed by atoms with Gasteiger partial charge in [-0.3, -0.25) is 14.7 Å². The number of aromatic nitrogens is 2. The maximum absolute atomic E-state index is 11.6. The van der Waals surface area contributed by atoms with Crippen LogP contribution >= 0.6 is 0 Å². The van der Waals surface area contributed by atoms with Gasteiger partial charge in [0.2, 0.25) is 11.8 Å². The standard InChI is InChI=1S/C13H22N4O2/c1-5-6-9-7-10(17-16-9)15-11(18)8-14-12(19)13(2,3)4/h7H,5-6,8H2,1-4H3,(H,14,19)(H2,15,16,17,18). The first-order valence-electron chi connectivity index (χ1n) is 6.45. The molecule has 0 radical (unpaired) electrons. The average molecular weight is 266 g/mol. The normalized spacial score (nSPS) is 11.2. The highest BCUT2D eigenvalue weighted by Gasteiger charge is 2.21. The minimum Gasteiger partial charge on any atom is -0.347 e. The lowest BCUT2D eigenvalue weighted by Gasteiger charge is -2.17. The molecule has 1 aromatic rings. The van der Waals surface area contributed by atoms with E-state index in [4.69, 9.17) is 0 Å². The third-order valence-electron chi connectivity index (χ3n) is 2.51. The molecule has 3 N–H and O–H groups in total. The molecule has 6 nitrogen and oxygen atoms in total. The second kappa shape index (κ2) is 6.36. The second-order valence-electron chi connectivity index (χ2n) is 5.51. The summed E-state index contributed by atoms with van der Waals surface area (Å²) in [6.45, 7) is 7.41. The average Bonchev–Trinajstić information content (AvgIpc) is 2.72. The second-order valence-corrected chi connectivity index (χ2v) is 5.51. The summed E-state index contributed by atoms with van der Waals surface area (Å²) in [5, 5.41) is 12.0. The number of nitrogens with one attached hydrogen (secondary N) is 3. The van der Waals surface area contributed by atoms with E-state index in [1.807, 2.05) is 0 Å². The fraction of sp³-hybridized carbons (Fsp3) is 0.615. The molecule has 6 heteroatoms. The van der Waals surface area contributed by atoms with Crippen LogP contribution in [-0.2, 0) is 16.0 Å². The fourth-order valence-electron chi connectivity index (χ4n) is 1.44. The number of amides is 2. The van der Waals surface area contributed by atoms with E-state index in [0.29, 0.717) is 5.82 Å². The van der Waals surface area contributed by atoms with Crippen molar-refractivity contribution in [2.45, 2.75) is 40.5 Å². The van der Waals surface area contributed by atoms with Crippen molar-refractivity contribution in [1.82, 2.24) is 15.5 Å². The largest absolute Gasteiger partial charge is 0.347 e. The number of H-pyrrole nitrogens is 1. The van der Waals surface area contributed by atoms with Crippen molar-refractivity contribution in [2.75, 3.05) is 11.9 Å². The highest BCUT2D eigenvalue weighted by Crippen LogP contribution is 2.12. The van der Waals surface area contributed by atoms with E-state index in [0.717, 1.165) is 18.5 Å². The summed E-state index contributed by atoms with van der Waals surface area (Å²) in [6.07, 6.45) is 1.90. The Bertz CT molecular complexity index is 446. The first-order chi connectivity index (χ1) is 8.82. The van der Waals surface area contributed by atoms with E-state index < -0.39 is 5.41 Å². The van der Waals surface area contributed by atoms with Crippen molar-refractivity contribution in [3.05, 3.63) is 11.8 Å². The van der Waals surface area contributed by atoms with Crippen molar-refractivity contribution >= 4 is 17.6 Å². The lowest BCUT2D eigenvalue weighted by molar-refractivity contribution is -0.130. The van der Waals surface area contributed by atoms with Crippen LogP contribution in [0.5, 0.6) is 0 Å². The Kier molecular flexibility index (Phi) is 5.09. The molecule has 0 spiro atoms. The summed E-state index contributed by atoms with van der Waals surface area (Å²) in [6, 6.07) is 1.80. The molecular weight excluding hydrogens is 244 g/mol. The lowest BCUT2D eigenvalue weighted by Crippen LogP contribution is -2.39. The van der Waals surface area contributed by atoms with Crippen LogP contribution in [0.2, 0.25) is 0 Å². The molecule has 0 saturated heterocycles. The molecule has 0 unspecified atom stereocenters. The van der Waals surface area contributed by atoms with Gasteiger partial charge in [0.25, 0.3) is 0 Å². The van der Waals surface area contributed by atoms with E-state index in [1.165, 1.54) is 0 Å². The van der Waals surface area contributed by atoms with Gasteiger partial charge in [-0.05, 0) is 6.42 Å². The molecule has 0 aliphatic rings. The molecule has 0 bridgehead atoms. The Morgan fingerprint density at radius 2 is 2.05 bits per heavy atom. The zero-order chi connectivity index (χ0) is 14.5. The fourth-order valence-corrected chi connectivity index (χ4v) is 1.44. The van der Waals surface area contributed by atoms with Gasteiger partial charge < -0.3 is 10.6 Å². The van der Waals surface area contributed by atoms with Crippen LogP contribution in [0.1, 0.15) is 39.8 Å². The monoisotopic (exact) mass is 266 g/mol. The van der Waals surface area contributed by atoms with Gasteiger partial charge in [-0.25, -0.2) is 0 Å². The summed E-state index contributed by atoms with van der Waals surface area (Å²) in [4.78, 5) is 23.2. The highest BCUT2D eigenvalue weighted by atomic mass is 16.2. The Labute approximate surface area is 113 Å². The summed E-state index contributed by atoms with van der Waals surface area (Å²) in [7, 11) is 0. The van der Waals surface area contributed by atoms with Crippen LogP contribution in [0.4, 0.5) is 5.82 Å². The molecule has 0 atom stereocenters. The van der Waals surface area contributed by atoms with Crippen LogP contribution in [0, 0.1) is 5.41 Å². The molecule has 19 heavy (non-hydrogen) atoms. The molecule has 2 amide bonds. The van der Waals surface area contributed by atoms with Crippen molar-refractivity contribution in [1.29, 1.82) is 0 Å². The minimum atomic E-state index is -0.499. The first-order valence-corrected chi connectivity index (χ1v) is 6.45. The van der Waals surface area contributed by atoms with Gasteiger partial charge in [-0.1, -0.05) is 34.1 Å². The topological polar surface area (TPSA) is 86.9 Å². The van der Waals surface area contributed by atoms with Crippen molar-refractivity contribution < 1.29 is 9.59 Å². The molecule has 0 saturated carbocycles. The maximum Gasteiger partial charge on any atom is 0.244 e. The zero-order valence-corrected chi connectivity index (χ0v) is 12.0. The van der Waals surface area contributed by atoms with Gasteiger partial charge in [-0.15, -0.1) is 0 Å². The summed E-state index contributed by atoms with van der Waals surface area (Å²) >= 11 is 0. The Hall–Kier alpha value is -1.85. The smallest absolute Gasteiger partial charge is 0.244 e. The number of hydrogen-bond donors (Lipinski definition) is 3. The number of aromatic amines is 1. The van der Waals surface area contributed by atoms with E-state index >= 15 is 0 Å². The molecular formula is C13H22N4O2. The van der Waals surface area contributed by atoms with E-state index in [9.17, 15) is 9.59 Å². The Morgan fingerprint density at radius 1 is 1.37 bits per heavy atom.